The van der Waals surface area contributed by atoms with Crippen LogP contribution in [0.25, 0.3) is 0 Å². The number of hydrogen-bond donors (Lipinski definition) is 1. The Hall–Kier alpha value is -2.13. The van der Waals surface area contributed by atoms with Crippen LogP contribution in [-0.4, -0.2) is 29.0 Å². The third kappa shape index (κ3) is 4.95. The lowest BCUT2D eigenvalue weighted by molar-refractivity contribution is -0.135. The lowest BCUT2D eigenvalue weighted by Crippen LogP contribution is -2.41. The first kappa shape index (κ1) is 20.2. The van der Waals surface area contributed by atoms with Crippen molar-refractivity contribution in [1.82, 2.24) is 4.90 Å². The average molecular weight is 354 g/mol. The lowest BCUT2D eigenvalue weighted by Gasteiger charge is -2.31. The van der Waals surface area contributed by atoms with Gasteiger partial charge in [0.05, 0.1) is 18.1 Å². The minimum Gasteiger partial charge on any atom is -0.386 e. The molecule has 2 rings (SSSR count). The largest absolute Gasteiger partial charge is 0.386 e. The molecule has 1 amide bonds. The summed E-state index contributed by atoms with van der Waals surface area (Å²) in [6.45, 7) is 8.22. The van der Waals surface area contributed by atoms with Crippen molar-refractivity contribution in [1.29, 1.82) is 0 Å². The minimum atomic E-state index is -0.703. The molecule has 0 heterocycles. The van der Waals surface area contributed by atoms with Crippen molar-refractivity contribution in [2.24, 2.45) is 5.92 Å². The van der Waals surface area contributed by atoms with E-state index in [9.17, 15) is 9.90 Å². The molecular formula is C23H31NO2. The summed E-state index contributed by atoms with van der Waals surface area (Å²) in [4.78, 5) is 14.6. The Labute approximate surface area is 157 Å². The van der Waals surface area contributed by atoms with E-state index in [-0.39, 0.29) is 17.9 Å². The van der Waals surface area contributed by atoms with Crippen LogP contribution in [0.4, 0.5) is 0 Å². The molecule has 0 aromatic heterocycles. The van der Waals surface area contributed by atoms with Gasteiger partial charge in [0.2, 0.25) is 5.91 Å². The number of amides is 1. The van der Waals surface area contributed by atoms with E-state index >= 15 is 0 Å². The lowest BCUT2D eigenvalue weighted by atomic mass is 9.95. The van der Waals surface area contributed by atoms with Gasteiger partial charge in [-0.15, -0.1) is 0 Å². The fraction of sp³-hybridized carbons (Fsp3) is 0.435. The molecular weight excluding hydrogens is 322 g/mol. The third-order valence-corrected chi connectivity index (χ3v) is 5.05. The highest BCUT2D eigenvalue weighted by molar-refractivity contribution is 5.83. The van der Waals surface area contributed by atoms with E-state index in [0.717, 1.165) is 17.5 Å². The minimum absolute atomic E-state index is 0.0177. The molecule has 0 radical (unpaired) electrons. The Morgan fingerprint density at radius 3 is 2.04 bits per heavy atom. The zero-order valence-electron chi connectivity index (χ0n) is 16.5. The molecule has 0 aliphatic heterocycles. The van der Waals surface area contributed by atoms with E-state index < -0.39 is 6.10 Å². The van der Waals surface area contributed by atoms with Gasteiger partial charge in [-0.3, -0.25) is 4.79 Å². The number of nitrogens with zero attached hydrogens (tertiary/aromatic N) is 1. The molecule has 0 saturated carbocycles. The number of aliphatic hydroxyl groups excluding tert-OH is 1. The van der Waals surface area contributed by atoms with Crippen LogP contribution in [0.1, 0.15) is 56.4 Å². The maximum atomic E-state index is 12.9. The van der Waals surface area contributed by atoms with Crippen LogP contribution in [0.3, 0.4) is 0 Å². The van der Waals surface area contributed by atoms with Gasteiger partial charge < -0.3 is 10.0 Å². The molecule has 26 heavy (non-hydrogen) atoms. The van der Waals surface area contributed by atoms with E-state index in [0.29, 0.717) is 5.92 Å². The third-order valence-electron chi connectivity index (χ3n) is 5.05. The van der Waals surface area contributed by atoms with Crippen LogP contribution >= 0.6 is 0 Å². The molecule has 0 bridgehead atoms. The molecule has 140 valence electrons. The highest BCUT2D eigenvalue weighted by Crippen LogP contribution is 2.24. The van der Waals surface area contributed by atoms with Gasteiger partial charge in [-0.2, -0.15) is 0 Å². The van der Waals surface area contributed by atoms with Crippen molar-refractivity contribution in [2.45, 2.75) is 52.2 Å². The summed E-state index contributed by atoms with van der Waals surface area (Å²) >= 11 is 0. The molecule has 3 heteroatoms. The molecule has 1 N–H and O–H groups in total. The number of rotatable bonds is 7. The molecule has 0 aliphatic rings. The van der Waals surface area contributed by atoms with Crippen LogP contribution in [0.2, 0.25) is 0 Å². The zero-order chi connectivity index (χ0) is 19.3. The predicted molar refractivity (Wildman–Crippen MR) is 107 cm³/mol. The van der Waals surface area contributed by atoms with Crippen molar-refractivity contribution >= 4 is 5.91 Å². The van der Waals surface area contributed by atoms with Crippen LogP contribution in [0.15, 0.2) is 54.6 Å². The van der Waals surface area contributed by atoms with Crippen LogP contribution < -0.4 is 0 Å². The number of hydrogen-bond acceptors (Lipinski definition) is 2. The summed E-state index contributed by atoms with van der Waals surface area (Å²) in [5.41, 5.74) is 3.13. The second kappa shape index (κ2) is 9.00. The standard InChI is InChI=1S/C23H31NO2/c1-16(2)15-19-11-13-20(14-12-19)17(3)23(26)24(5)18(4)22(25)21-9-7-6-8-10-21/h6-14,16-18,22,25H,15H2,1-5H3/t17?,18-,22+/m0/s1. The highest BCUT2D eigenvalue weighted by atomic mass is 16.3. The molecule has 3 nitrogen and oxygen atoms in total. The molecule has 1 unspecified atom stereocenters. The molecule has 3 atom stereocenters. The van der Waals surface area contributed by atoms with Gasteiger partial charge in [0.1, 0.15) is 0 Å². The molecule has 0 fully saturated rings. The number of benzene rings is 2. The van der Waals surface area contributed by atoms with Gasteiger partial charge in [-0.1, -0.05) is 68.4 Å². The average Bonchev–Trinajstić information content (AvgIpc) is 2.66. The molecule has 0 spiro atoms. The maximum Gasteiger partial charge on any atom is 0.229 e. The molecule has 0 aliphatic carbocycles. The summed E-state index contributed by atoms with van der Waals surface area (Å²) in [6, 6.07) is 17.5. The second-order valence-corrected chi connectivity index (χ2v) is 7.61. The van der Waals surface area contributed by atoms with E-state index in [1.165, 1.54) is 5.56 Å². The number of carbonyl (C=O) groups is 1. The predicted octanol–water partition coefficient (Wildman–Crippen LogP) is 4.57. The van der Waals surface area contributed by atoms with Gasteiger partial charge >= 0.3 is 0 Å². The summed E-state index contributed by atoms with van der Waals surface area (Å²) in [7, 11) is 1.77. The topological polar surface area (TPSA) is 40.5 Å². The van der Waals surface area contributed by atoms with Crippen molar-refractivity contribution in [3.63, 3.8) is 0 Å². The zero-order valence-corrected chi connectivity index (χ0v) is 16.5. The smallest absolute Gasteiger partial charge is 0.229 e. The summed E-state index contributed by atoms with van der Waals surface area (Å²) in [6.07, 6.45) is 0.341. The first-order valence-corrected chi connectivity index (χ1v) is 9.39. The fourth-order valence-electron chi connectivity index (χ4n) is 3.20. The van der Waals surface area contributed by atoms with E-state index in [2.05, 4.69) is 26.0 Å². The van der Waals surface area contributed by atoms with Crippen LogP contribution in [0, 0.1) is 5.92 Å². The SMILES string of the molecule is CC(C)Cc1ccc(C(C)C(=O)N(C)[C@@H](C)[C@@H](O)c2ccccc2)cc1. The van der Waals surface area contributed by atoms with Gasteiger partial charge in [-0.25, -0.2) is 0 Å². The molecule has 0 saturated heterocycles. The summed E-state index contributed by atoms with van der Waals surface area (Å²) < 4.78 is 0. The van der Waals surface area contributed by atoms with Gasteiger partial charge in [0, 0.05) is 7.05 Å². The molecule has 2 aromatic carbocycles. The summed E-state index contributed by atoms with van der Waals surface area (Å²) in [5.74, 6) is 0.397. The first-order chi connectivity index (χ1) is 12.3. The highest BCUT2D eigenvalue weighted by Gasteiger charge is 2.27. The summed E-state index contributed by atoms with van der Waals surface area (Å²) in [5, 5.41) is 10.6. The fourth-order valence-corrected chi connectivity index (χ4v) is 3.20. The monoisotopic (exact) mass is 353 g/mol. The number of carbonyl (C=O) groups excluding carboxylic acids is 1. The van der Waals surface area contributed by atoms with Crippen molar-refractivity contribution in [3.05, 3.63) is 71.3 Å². The van der Waals surface area contributed by atoms with E-state index in [4.69, 9.17) is 0 Å². The van der Waals surface area contributed by atoms with Crippen molar-refractivity contribution < 1.29 is 9.90 Å². The molecule has 2 aromatic rings. The van der Waals surface area contributed by atoms with Gasteiger partial charge in [0.15, 0.2) is 0 Å². The normalized spacial score (nSPS) is 14.7. The quantitative estimate of drug-likeness (QED) is 0.792. The Kier molecular flexibility index (Phi) is 6.98. The number of aliphatic hydroxyl groups is 1. The van der Waals surface area contributed by atoms with Crippen molar-refractivity contribution in [3.8, 4) is 0 Å². The van der Waals surface area contributed by atoms with Crippen molar-refractivity contribution in [2.75, 3.05) is 7.05 Å². The van der Waals surface area contributed by atoms with Crippen LogP contribution in [0.5, 0.6) is 0 Å². The second-order valence-electron chi connectivity index (χ2n) is 7.61. The Balaban J connectivity index is 2.06. The Bertz CT molecular complexity index is 694. The first-order valence-electron chi connectivity index (χ1n) is 9.39. The Morgan fingerprint density at radius 2 is 1.50 bits per heavy atom. The van der Waals surface area contributed by atoms with Crippen LogP contribution in [-0.2, 0) is 11.2 Å². The van der Waals surface area contributed by atoms with Gasteiger partial charge in [-0.05, 0) is 42.9 Å². The maximum absolute atomic E-state index is 12.9. The number of likely N-dealkylation sites (N-methyl/N-ethyl adjacent to an activating group) is 1. The van der Waals surface area contributed by atoms with E-state index in [1.54, 1.807) is 11.9 Å². The Morgan fingerprint density at radius 1 is 0.923 bits per heavy atom. The van der Waals surface area contributed by atoms with Gasteiger partial charge in [0.25, 0.3) is 0 Å². The van der Waals surface area contributed by atoms with E-state index in [1.807, 2.05) is 56.3 Å².